The molecule has 0 aliphatic heterocycles. The van der Waals surface area contributed by atoms with E-state index in [4.69, 9.17) is 0 Å². The first-order valence-electron chi connectivity index (χ1n) is 3.89. The zero-order valence-electron chi connectivity index (χ0n) is 7.31. The Balaban J connectivity index is 2.43. The van der Waals surface area contributed by atoms with Crippen LogP contribution in [0.15, 0.2) is 28.7 Å². The molecule has 1 rings (SSSR count). The van der Waals surface area contributed by atoms with Crippen molar-refractivity contribution >= 4 is 26.2 Å². The van der Waals surface area contributed by atoms with Crippen LogP contribution in [-0.4, -0.2) is 15.0 Å². The van der Waals surface area contributed by atoms with E-state index in [2.05, 4.69) is 25.3 Å². The molecule has 0 spiro atoms. The number of benzene rings is 1. The molecule has 4 nitrogen and oxygen atoms in total. The molecule has 0 aliphatic carbocycles. The lowest BCUT2D eigenvalue weighted by atomic mass is 10.2. The number of hydrogen-bond donors (Lipinski definition) is 1. The first-order chi connectivity index (χ1) is 6.47. The van der Waals surface area contributed by atoms with Crippen molar-refractivity contribution in [2.24, 2.45) is 5.14 Å². The molecule has 78 valence electrons. The molecule has 0 saturated heterocycles. The molecule has 0 unspecified atom stereocenters. The molecule has 0 atom stereocenters. The Kier molecular flexibility index (Phi) is 4.06. The zero-order chi connectivity index (χ0) is 10.6. The Morgan fingerprint density at radius 3 is 2.36 bits per heavy atom. The van der Waals surface area contributed by atoms with Gasteiger partial charge in [-0.3, -0.25) is 4.18 Å². The van der Waals surface area contributed by atoms with Crippen molar-refractivity contribution in [1.82, 2.24) is 0 Å². The van der Waals surface area contributed by atoms with Gasteiger partial charge in [0.05, 0.1) is 6.61 Å². The molecule has 14 heavy (non-hydrogen) atoms. The van der Waals surface area contributed by atoms with Crippen LogP contribution < -0.4 is 5.14 Å². The Hall–Kier alpha value is -0.430. The monoisotopic (exact) mass is 279 g/mol. The topological polar surface area (TPSA) is 69.4 Å². The Morgan fingerprint density at radius 1 is 1.29 bits per heavy atom. The predicted molar refractivity (Wildman–Crippen MR) is 56.9 cm³/mol. The van der Waals surface area contributed by atoms with E-state index in [1.54, 1.807) is 0 Å². The predicted octanol–water partition coefficient (Wildman–Crippen LogP) is 1.21. The van der Waals surface area contributed by atoms with Gasteiger partial charge in [0, 0.05) is 4.47 Å². The van der Waals surface area contributed by atoms with Gasteiger partial charge in [-0.05, 0) is 24.1 Å². The first-order valence-corrected chi connectivity index (χ1v) is 6.15. The van der Waals surface area contributed by atoms with Gasteiger partial charge in [-0.25, -0.2) is 5.14 Å². The summed E-state index contributed by atoms with van der Waals surface area (Å²) in [6.45, 7) is 0.0699. The van der Waals surface area contributed by atoms with E-state index >= 15 is 0 Å². The molecular formula is C8H10BrNO3S. The van der Waals surface area contributed by atoms with E-state index in [-0.39, 0.29) is 6.61 Å². The van der Waals surface area contributed by atoms with E-state index in [1.807, 2.05) is 24.3 Å². The van der Waals surface area contributed by atoms with Crippen molar-refractivity contribution in [2.75, 3.05) is 6.61 Å². The van der Waals surface area contributed by atoms with Crippen LogP contribution in [0.3, 0.4) is 0 Å². The SMILES string of the molecule is NS(=O)(=O)OCCc1ccc(Br)cc1. The highest BCUT2D eigenvalue weighted by atomic mass is 79.9. The van der Waals surface area contributed by atoms with Crippen LogP contribution in [0.1, 0.15) is 5.56 Å². The van der Waals surface area contributed by atoms with Gasteiger partial charge in [0.25, 0.3) is 0 Å². The number of hydrogen-bond acceptors (Lipinski definition) is 3. The van der Waals surface area contributed by atoms with Crippen LogP contribution in [0.4, 0.5) is 0 Å². The Bertz CT molecular complexity index is 388. The molecule has 2 N–H and O–H groups in total. The van der Waals surface area contributed by atoms with Gasteiger partial charge < -0.3 is 0 Å². The van der Waals surface area contributed by atoms with Crippen molar-refractivity contribution in [3.05, 3.63) is 34.3 Å². The summed E-state index contributed by atoms with van der Waals surface area (Å²) in [6.07, 6.45) is 0.518. The average Bonchev–Trinajstić information content (AvgIpc) is 2.06. The summed E-state index contributed by atoms with van der Waals surface area (Å²) in [6, 6.07) is 7.53. The molecule has 0 aromatic heterocycles. The van der Waals surface area contributed by atoms with E-state index in [0.717, 1.165) is 10.0 Å². The maximum Gasteiger partial charge on any atom is 0.333 e. The molecule has 0 heterocycles. The van der Waals surface area contributed by atoms with E-state index in [9.17, 15) is 8.42 Å². The lowest BCUT2D eigenvalue weighted by Crippen LogP contribution is -2.17. The second-order valence-corrected chi connectivity index (χ2v) is 4.83. The van der Waals surface area contributed by atoms with E-state index in [0.29, 0.717) is 6.42 Å². The summed E-state index contributed by atoms with van der Waals surface area (Å²) in [5, 5.41) is 4.67. The third-order valence-corrected chi connectivity index (χ3v) is 2.58. The minimum atomic E-state index is -3.81. The summed E-state index contributed by atoms with van der Waals surface area (Å²) in [5.74, 6) is 0. The van der Waals surface area contributed by atoms with Crippen LogP contribution >= 0.6 is 15.9 Å². The summed E-state index contributed by atoms with van der Waals surface area (Å²) in [7, 11) is -3.81. The van der Waals surface area contributed by atoms with Crippen molar-refractivity contribution in [1.29, 1.82) is 0 Å². The standard InChI is InChI=1S/C8H10BrNO3S/c9-8-3-1-7(2-4-8)5-6-13-14(10,11)12/h1-4H,5-6H2,(H2,10,11,12). The number of rotatable bonds is 4. The fourth-order valence-corrected chi connectivity index (χ4v) is 1.51. The second-order valence-electron chi connectivity index (χ2n) is 2.69. The molecule has 0 aliphatic rings. The highest BCUT2D eigenvalue weighted by molar-refractivity contribution is 9.10. The summed E-state index contributed by atoms with van der Waals surface area (Å²) in [4.78, 5) is 0. The number of halogens is 1. The Labute approximate surface area is 91.5 Å². The maximum atomic E-state index is 10.4. The smallest absolute Gasteiger partial charge is 0.258 e. The highest BCUT2D eigenvalue weighted by Crippen LogP contribution is 2.10. The van der Waals surface area contributed by atoms with Crippen molar-refractivity contribution < 1.29 is 12.6 Å². The van der Waals surface area contributed by atoms with Crippen LogP contribution in [0.5, 0.6) is 0 Å². The van der Waals surface area contributed by atoms with Crippen LogP contribution in [0.25, 0.3) is 0 Å². The summed E-state index contributed by atoms with van der Waals surface area (Å²) >= 11 is 3.30. The molecule has 0 fully saturated rings. The van der Waals surface area contributed by atoms with Gasteiger partial charge in [0.1, 0.15) is 0 Å². The largest absolute Gasteiger partial charge is 0.333 e. The quantitative estimate of drug-likeness (QED) is 0.901. The fourth-order valence-electron chi connectivity index (χ4n) is 0.927. The van der Waals surface area contributed by atoms with Crippen LogP contribution in [0, 0.1) is 0 Å². The van der Waals surface area contributed by atoms with Crippen molar-refractivity contribution in [3.8, 4) is 0 Å². The molecule has 0 bridgehead atoms. The molecule has 0 radical (unpaired) electrons. The van der Waals surface area contributed by atoms with E-state index < -0.39 is 10.3 Å². The molecular weight excluding hydrogens is 270 g/mol. The normalized spacial score (nSPS) is 11.6. The fraction of sp³-hybridized carbons (Fsp3) is 0.250. The zero-order valence-corrected chi connectivity index (χ0v) is 9.71. The highest BCUT2D eigenvalue weighted by Gasteiger charge is 2.01. The van der Waals surface area contributed by atoms with Crippen molar-refractivity contribution in [3.63, 3.8) is 0 Å². The number of nitrogens with two attached hydrogens (primary N) is 1. The summed E-state index contributed by atoms with van der Waals surface area (Å²) in [5.41, 5.74) is 0.997. The van der Waals surface area contributed by atoms with Gasteiger partial charge in [-0.2, -0.15) is 8.42 Å². The third-order valence-electron chi connectivity index (χ3n) is 1.55. The molecule has 1 aromatic rings. The Morgan fingerprint density at radius 2 is 1.86 bits per heavy atom. The average molecular weight is 280 g/mol. The molecule has 1 aromatic carbocycles. The minimum Gasteiger partial charge on any atom is -0.258 e. The molecule has 6 heteroatoms. The van der Waals surface area contributed by atoms with Gasteiger partial charge in [-0.15, -0.1) is 0 Å². The van der Waals surface area contributed by atoms with Crippen molar-refractivity contribution in [2.45, 2.75) is 6.42 Å². The lowest BCUT2D eigenvalue weighted by molar-refractivity contribution is 0.323. The van der Waals surface area contributed by atoms with Gasteiger partial charge in [0.2, 0.25) is 0 Å². The van der Waals surface area contributed by atoms with Crippen LogP contribution in [0.2, 0.25) is 0 Å². The van der Waals surface area contributed by atoms with E-state index in [1.165, 1.54) is 0 Å². The molecule has 0 amide bonds. The van der Waals surface area contributed by atoms with Gasteiger partial charge >= 0.3 is 10.3 Å². The van der Waals surface area contributed by atoms with Gasteiger partial charge in [0.15, 0.2) is 0 Å². The second kappa shape index (κ2) is 4.88. The maximum absolute atomic E-state index is 10.4. The third kappa shape index (κ3) is 4.71. The minimum absolute atomic E-state index is 0.0699. The first kappa shape index (κ1) is 11.6. The lowest BCUT2D eigenvalue weighted by Gasteiger charge is -2.01. The molecule has 0 saturated carbocycles. The van der Waals surface area contributed by atoms with Crippen LogP contribution in [-0.2, 0) is 20.9 Å². The summed E-state index contributed by atoms with van der Waals surface area (Å²) < 4.78 is 26.2. The van der Waals surface area contributed by atoms with Gasteiger partial charge in [-0.1, -0.05) is 28.1 Å².